The van der Waals surface area contributed by atoms with Crippen LogP contribution < -0.4 is 10.6 Å². The molecule has 0 bridgehead atoms. The maximum atomic E-state index is 12.2. The van der Waals surface area contributed by atoms with Crippen molar-refractivity contribution in [1.82, 2.24) is 10.6 Å². The van der Waals surface area contributed by atoms with E-state index >= 15 is 0 Å². The number of hydrogen-bond donors (Lipinski definition) is 2. The van der Waals surface area contributed by atoms with Crippen molar-refractivity contribution < 1.29 is 4.79 Å². The maximum Gasteiger partial charge on any atom is 0.220 e. The molecule has 1 aromatic carbocycles. The molecule has 0 aliphatic carbocycles. The highest BCUT2D eigenvalue weighted by molar-refractivity contribution is 6.30. The third-order valence-electron chi connectivity index (χ3n) is 4.39. The summed E-state index contributed by atoms with van der Waals surface area (Å²) in [5, 5.41) is 7.22. The quantitative estimate of drug-likeness (QED) is 0.873. The summed E-state index contributed by atoms with van der Waals surface area (Å²) in [6.07, 6.45) is 3.05. The van der Waals surface area contributed by atoms with Gasteiger partial charge in [0.15, 0.2) is 0 Å². The molecule has 1 saturated heterocycles. The Labute approximate surface area is 132 Å². The molecule has 3 atom stereocenters. The third-order valence-corrected chi connectivity index (χ3v) is 4.65. The lowest BCUT2D eigenvalue weighted by molar-refractivity contribution is -0.123. The van der Waals surface area contributed by atoms with Crippen molar-refractivity contribution in [3.8, 4) is 0 Å². The highest BCUT2D eigenvalue weighted by Gasteiger charge is 2.22. The predicted octanol–water partition coefficient (Wildman–Crippen LogP) is 3.54. The molecular weight excluding hydrogens is 284 g/mol. The average molecular weight is 309 g/mol. The van der Waals surface area contributed by atoms with Gasteiger partial charge in [-0.1, -0.05) is 30.7 Å². The molecule has 2 unspecified atom stereocenters. The SMILES string of the molecule is CC(CC(=O)N[C@H](C)c1ccc(Cl)cc1)C1CCCNC1. The summed E-state index contributed by atoms with van der Waals surface area (Å²) in [5.41, 5.74) is 1.08. The molecule has 0 aromatic heterocycles. The molecule has 116 valence electrons. The maximum absolute atomic E-state index is 12.2. The van der Waals surface area contributed by atoms with E-state index in [0.29, 0.717) is 18.3 Å². The summed E-state index contributed by atoms with van der Waals surface area (Å²) in [7, 11) is 0. The van der Waals surface area contributed by atoms with E-state index in [1.807, 2.05) is 31.2 Å². The number of amides is 1. The van der Waals surface area contributed by atoms with E-state index < -0.39 is 0 Å². The Balaban J connectivity index is 1.81. The number of halogens is 1. The van der Waals surface area contributed by atoms with Crippen molar-refractivity contribution in [3.63, 3.8) is 0 Å². The molecule has 1 amide bonds. The predicted molar refractivity (Wildman–Crippen MR) is 87.4 cm³/mol. The zero-order chi connectivity index (χ0) is 15.2. The van der Waals surface area contributed by atoms with Crippen molar-refractivity contribution in [2.24, 2.45) is 11.8 Å². The molecule has 0 spiro atoms. The van der Waals surface area contributed by atoms with Crippen LogP contribution in [0.5, 0.6) is 0 Å². The van der Waals surface area contributed by atoms with Crippen molar-refractivity contribution in [2.45, 2.75) is 39.2 Å². The number of carbonyl (C=O) groups is 1. The Kier molecular flexibility index (Phi) is 6.07. The van der Waals surface area contributed by atoms with E-state index in [1.54, 1.807) is 0 Å². The van der Waals surface area contributed by atoms with Crippen LogP contribution in [0.3, 0.4) is 0 Å². The normalized spacial score (nSPS) is 21.6. The molecule has 21 heavy (non-hydrogen) atoms. The lowest BCUT2D eigenvalue weighted by Gasteiger charge is -2.28. The van der Waals surface area contributed by atoms with Gasteiger partial charge in [0.05, 0.1) is 6.04 Å². The van der Waals surface area contributed by atoms with Crippen molar-refractivity contribution in [1.29, 1.82) is 0 Å². The van der Waals surface area contributed by atoms with E-state index in [2.05, 4.69) is 17.6 Å². The number of carbonyl (C=O) groups excluding carboxylic acids is 1. The van der Waals surface area contributed by atoms with Gasteiger partial charge in [-0.2, -0.15) is 0 Å². The Morgan fingerprint density at radius 1 is 1.38 bits per heavy atom. The smallest absolute Gasteiger partial charge is 0.220 e. The first-order chi connectivity index (χ1) is 10.1. The zero-order valence-corrected chi connectivity index (χ0v) is 13.6. The molecule has 1 heterocycles. The molecule has 2 rings (SSSR count). The number of benzene rings is 1. The highest BCUT2D eigenvalue weighted by Crippen LogP contribution is 2.23. The van der Waals surface area contributed by atoms with Gasteiger partial charge >= 0.3 is 0 Å². The van der Waals surface area contributed by atoms with Gasteiger partial charge in [-0.05, 0) is 62.4 Å². The lowest BCUT2D eigenvalue weighted by atomic mass is 9.85. The largest absolute Gasteiger partial charge is 0.350 e. The molecular formula is C17H25ClN2O. The van der Waals surface area contributed by atoms with Gasteiger partial charge < -0.3 is 10.6 Å². The van der Waals surface area contributed by atoms with Crippen LogP contribution in [0.4, 0.5) is 0 Å². The fourth-order valence-electron chi connectivity index (χ4n) is 2.96. The standard InChI is InChI=1S/C17H25ClN2O/c1-12(15-4-3-9-19-11-15)10-17(21)20-13(2)14-5-7-16(18)8-6-14/h5-8,12-13,15,19H,3-4,9-11H2,1-2H3,(H,20,21)/t12?,13-,15?/m1/s1. The van der Waals surface area contributed by atoms with Crippen LogP contribution in [0, 0.1) is 11.8 Å². The fourth-order valence-corrected chi connectivity index (χ4v) is 3.08. The van der Waals surface area contributed by atoms with Gasteiger partial charge in [-0.3, -0.25) is 4.79 Å². The molecule has 2 N–H and O–H groups in total. The average Bonchev–Trinajstić information content (AvgIpc) is 2.48. The van der Waals surface area contributed by atoms with Gasteiger partial charge in [0.1, 0.15) is 0 Å². The van der Waals surface area contributed by atoms with Crippen LogP contribution in [-0.2, 0) is 4.79 Å². The Morgan fingerprint density at radius 2 is 2.10 bits per heavy atom. The van der Waals surface area contributed by atoms with Crippen LogP contribution in [0.15, 0.2) is 24.3 Å². The molecule has 1 aliphatic heterocycles. The van der Waals surface area contributed by atoms with E-state index in [0.717, 1.165) is 23.7 Å². The summed E-state index contributed by atoms with van der Waals surface area (Å²) >= 11 is 5.88. The first-order valence-corrected chi connectivity index (χ1v) is 8.19. The van der Waals surface area contributed by atoms with Gasteiger partial charge in [0.25, 0.3) is 0 Å². The summed E-state index contributed by atoms with van der Waals surface area (Å²) in [5.74, 6) is 1.18. The third kappa shape index (κ3) is 5.01. The van der Waals surface area contributed by atoms with Crippen molar-refractivity contribution >= 4 is 17.5 Å². The zero-order valence-electron chi connectivity index (χ0n) is 12.9. The Hall–Kier alpha value is -1.06. The minimum atomic E-state index is 0.0199. The molecule has 4 heteroatoms. The second kappa shape index (κ2) is 7.81. The topological polar surface area (TPSA) is 41.1 Å². The van der Waals surface area contributed by atoms with E-state index in [9.17, 15) is 4.79 Å². The minimum absolute atomic E-state index is 0.0199. The van der Waals surface area contributed by atoms with E-state index in [-0.39, 0.29) is 11.9 Å². The Bertz CT molecular complexity index is 454. The summed E-state index contributed by atoms with van der Waals surface area (Å²) in [4.78, 5) is 12.2. The first kappa shape index (κ1) is 16.3. The minimum Gasteiger partial charge on any atom is -0.350 e. The molecule has 1 fully saturated rings. The monoisotopic (exact) mass is 308 g/mol. The molecule has 1 aliphatic rings. The second-order valence-corrected chi connectivity index (χ2v) is 6.57. The van der Waals surface area contributed by atoms with Gasteiger partial charge in [0, 0.05) is 11.4 Å². The van der Waals surface area contributed by atoms with Gasteiger partial charge in [0.2, 0.25) is 5.91 Å². The Morgan fingerprint density at radius 3 is 2.71 bits per heavy atom. The molecule has 1 aromatic rings. The van der Waals surface area contributed by atoms with Crippen LogP contribution in [0.1, 0.15) is 44.7 Å². The van der Waals surface area contributed by atoms with Crippen LogP contribution >= 0.6 is 11.6 Å². The van der Waals surface area contributed by atoms with E-state index in [4.69, 9.17) is 11.6 Å². The van der Waals surface area contributed by atoms with Crippen LogP contribution in [0.25, 0.3) is 0 Å². The number of nitrogens with one attached hydrogen (secondary N) is 2. The fraction of sp³-hybridized carbons (Fsp3) is 0.588. The van der Waals surface area contributed by atoms with Gasteiger partial charge in [-0.25, -0.2) is 0 Å². The van der Waals surface area contributed by atoms with Crippen LogP contribution in [0.2, 0.25) is 5.02 Å². The number of hydrogen-bond acceptors (Lipinski definition) is 2. The number of piperidine rings is 1. The number of rotatable bonds is 5. The van der Waals surface area contributed by atoms with Crippen LogP contribution in [-0.4, -0.2) is 19.0 Å². The molecule has 3 nitrogen and oxygen atoms in total. The van der Waals surface area contributed by atoms with Crippen molar-refractivity contribution in [2.75, 3.05) is 13.1 Å². The summed E-state index contributed by atoms with van der Waals surface area (Å²) in [6.45, 7) is 6.35. The summed E-state index contributed by atoms with van der Waals surface area (Å²) in [6, 6.07) is 7.65. The molecule has 0 radical (unpaired) electrons. The lowest BCUT2D eigenvalue weighted by Crippen LogP contribution is -2.36. The summed E-state index contributed by atoms with van der Waals surface area (Å²) < 4.78 is 0. The first-order valence-electron chi connectivity index (χ1n) is 7.82. The van der Waals surface area contributed by atoms with Gasteiger partial charge in [-0.15, -0.1) is 0 Å². The molecule has 0 saturated carbocycles. The second-order valence-electron chi connectivity index (χ2n) is 6.13. The van der Waals surface area contributed by atoms with E-state index in [1.165, 1.54) is 12.8 Å². The highest BCUT2D eigenvalue weighted by atomic mass is 35.5. The van der Waals surface area contributed by atoms with Crippen molar-refractivity contribution in [3.05, 3.63) is 34.9 Å².